The van der Waals surface area contributed by atoms with Crippen LogP contribution >= 0.6 is 0 Å². The number of nitrogens with one attached hydrogen (secondary N) is 1. The van der Waals surface area contributed by atoms with Gasteiger partial charge in [0.25, 0.3) is 0 Å². The maximum absolute atomic E-state index is 8.98. The number of nitriles is 1. The molecule has 0 aliphatic heterocycles. The highest BCUT2D eigenvalue weighted by atomic mass is 16.5. The lowest BCUT2D eigenvalue weighted by Gasteiger charge is -2.14. The SMILES string of the molecule is COc1ccc(C#N)cc1CNc1ccc(N(C)C)cc1. The van der Waals surface area contributed by atoms with E-state index in [1.54, 1.807) is 13.2 Å². The zero-order valence-electron chi connectivity index (χ0n) is 12.6. The third-order valence-electron chi connectivity index (χ3n) is 3.28. The Morgan fingerprint density at radius 3 is 2.43 bits per heavy atom. The van der Waals surface area contributed by atoms with Crippen LogP contribution in [0, 0.1) is 11.3 Å². The van der Waals surface area contributed by atoms with Crippen LogP contribution in [0.15, 0.2) is 42.5 Å². The van der Waals surface area contributed by atoms with Gasteiger partial charge in [-0.3, -0.25) is 0 Å². The summed E-state index contributed by atoms with van der Waals surface area (Å²) in [6, 6.07) is 15.8. The van der Waals surface area contributed by atoms with E-state index in [1.165, 1.54) is 0 Å². The van der Waals surface area contributed by atoms with E-state index >= 15 is 0 Å². The van der Waals surface area contributed by atoms with Gasteiger partial charge in [-0.1, -0.05) is 0 Å². The van der Waals surface area contributed by atoms with E-state index in [9.17, 15) is 0 Å². The molecule has 0 amide bonds. The van der Waals surface area contributed by atoms with E-state index in [1.807, 2.05) is 38.4 Å². The fourth-order valence-electron chi connectivity index (χ4n) is 2.06. The Bertz CT molecular complexity index is 642. The number of nitrogens with zero attached hydrogens (tertiary/aromatic N) is 2. The van der Waals surface area contributed by atoms with Gasteiger partial charge in [0, 0.05) is 37.6 Å². The minimum atomic E-state index is 0.611. The first-order valence-electron chi connectivity index (χ1n) is 6.72. The summed E-state index contributed by atoms with van der Waals surface area (Å²) in [5.74, 6) is 0.784. The summed E-state index contributed by atoms with van der Waals surface area (Å²) >= 11 is 0. The molecule has 1 N–H and O–H groups in total. The van der Waals surface area contributed by atoms with Gasteiger partial charge in [0.1, 0.15) is 5.75 Å². The van der Waals surface area contributed by atoms with Gasteiger partial charge in [0.15, 0.2) is 0 Å². The van der Waals surface area contributed by atoms with Crippen LogP contribution < -0.4 is 15.0 Å². The summed E-state index contributed by atoms with van der Waals surface area (Å²) in [5.41, 5.74) is 3.79. The molecule has 0 unspecified atom stereocenters. The maximum atomic E-state index is 8.98. The third kappa shape index (κ3) is 3.67. The molecular formula is C17H19N3O. The summed E-state index contributed by atoms with van der Waals surface area (Å²) in [5, 5.41) is 12.3. The van der Waals surface area contributed by atoms with Gasteiger partial charge in [0.2, 0.25) is 0 Å². The quantitative estimate of drug-likeness (QED) is 0.914. The van der Waals surface area contributed by atoms with Crippen LogP contribution in [0.3, 0.4) is 0 Å². The lowest BCUT2D eigenvalue weighted by molar-refractivity contribution is 0.410. The van der Waals surface area contributed by atoms with Crippen LogP contribution in [0.1, 0.15) is 11.1 Å². The van der Waals surface area contributed by atoms with Gasteiger partial charge in [-0.15, -0.1) is 0 Å². The van der Waals surface area contributed by atoms with Crippen LogP contribution in [-0.4, -0.2) is 21.2 Å². The molecule has 0 aromatic heterocycles. The molecule has 4 nitrogen and oxygen atoms in total. The highest BCUT2D eigenvalue weighted by Gasteiger charge is 2.04. The van der Waals surface area contributed by atoms with Gasteiger partial charge in [-0.05, 0) is 42.5 Å². The van der Waals surface area contributed by atoms with Crippen LogP contribution in [0.5, 0.6) is 5.75 Å². The number of ether oxygens (including phenoxy) is 1. The molecule has 2 aromatic carbocycles. The molecule has 0 radical (unpaired) electrons. The highest BCUT2D eigenvalue weighted by molar-refractivity contribution is 5.55. The Morgan fingerprint density at radius 1 is 1.14 bits per heavy atom. The number of anilines is 2. The molecule has 0 atom stereocenters. The topological polar surface area (TPSA) is 48.3 Å². The van der Waals surface area contributed by atoms with Crippen molar-refractivity contribution in [3.8, 4) is 11.8 Å². The molecule has 21 heavy (non-hydrogen) atoms. The molecule has 2 rings (SSSR count). The second kappa shape index (κ2) is 6.67. The van der Waals surface area contributed by atoms with E-state index in [4.69, 9.17) is 10.00 Å². The molecule has 108 valence electrons. The fourth-order valence-corrected chi connectivity index (χ4v) is 2.06. The Labute approximate surface area is 125 Å². The molecular weight excluding hydrogens is 262 g/mol. The average molecular weight is 281 g/mol. The lowest BCUT2D eigenvalue weighted by Crippen LogP contribution is -2.08. The van der Waals surface area contributed by atoms with E-state index in [-0.39, 0.29) is 0 Å². The lowest BCUT2D eigenvalue weighted by atomic mass is 10.1. The Hall–Kier alpha value is -2.67. The van der Waals surface area contributed by atoms with Crippen molar-refractivity contribution in [2.24, 2.45) is 0 Å². The van der Waals surface area contributed by atoms with E-state index in [0.717, 1.165) is 22.7 Å². The number of rotatable bonds is 5. The molecule has 0 spiro atoms. The second-order valence-electron chi connectivity index (χ2n) is 4.93. The van der Waals surface area contributed by atoms with Crippen molar-refractivity contribution >= 4 is 11.4 Å². The minimum absolute atomic E-state index is 0.611. The second-order valence-corrected chi connectivity index (χ2v) is 4.93. The molecule has 0 heterocycles. The fraction of sp³-hybridized carbons (Fsp3) is 0.235. The van der Waals surface area contributed by atoms with Crippen molar-refractivity contribution in [2.45, 2.75) is 6.54 Å². The predicted molar refractivity (Wildman–Crippen MR) is 85.8 cm³/mol. The monoisotopic (exact) mass is 281 g/mol. The van der Waals surface area contributed by atoms with Crippen molar-refractivity contribution in [1.29, 1.82) is 5.26 Å². The summed E-state index contributed by atoms with van der Waals surface area (Å²) in [6.45, 7) is 0.611. The summed E-state index contributed by atoms with van der Waals surface area (Å²) in [4.78, 5) is 2.06. The molecule has 0 saturated heterocycles. The standard InChI is InChI=1S/C17H19N3O/c1-20(2)16-7-5-15(6-8-16)19-12-14-10-13(11-18)4-9-17(14)21-3/h4-10,19H,12H2,1-3H3. The third-order valence-corrected chi connectivity index (χ3v) is 3.28. The highest BCUT2D eigenvalue weighted by Crippen LogP contribution is 2.22. The largest absolute Gasteiger partial charge is 0.496 e. The van der Waals surface area contributed by atoms with Crippen molar-refractivity contribution in [2.75, 3.05) is 31.4 Å². The Balaban J connectivity index is 2.10. The van der Waals surface area contributed by atoms with Crippen molar-refractivity contribution < 1.29 is 4.74 Å². The maximum Gasteiger partial charge on any atom is 0.123 e. The van der Waals surface area contributed by atoms with Gasteiger partial charge in [-0.2, -0.15) is 5.26 Å². The smallest absolute Gasteiger partial charge is 0.123 e. The first-order valence-corrected chi connectivity index (χ1v) is 6.72. The summed E-state index contributed by atoms with van der Waals surface area (Å²) in [6.07, 6.45) is 0. The first-order chi connectivity index (χ1) is 10.1. The molecule has 0 bridgehead atoms. The minimum Gasteiger partial charge on any atom is -0.496 e. The van der Waals surface area contributed by atoms with E-state index in [2.05, 4.69) is 28.4 Å². The van der Waals surface area contributed by atoms with Gasteiger partial charge in [0.05, 0.1) is 18.7 Å². The first kappa shape index (κ1) is 14.7. The molecule has 4 heteroatoms. The average Bonchev–Trinajstić information content (AvgIpc) is 2.52. The van der Waals surface area contributed by atoms with E-state index < -0.39 is 0 Å². The number of benzene rings is 2. The van der Waals surface area contributed by atoms with Crippen LogP contribution in [0.2, 0.25) is 0 Å². The number of hydrogen-bond acceptors (Lipinski definition) is 4. The molecule has 0 fully saturated rings. The zero-order valence-corrected chi connectivity index (χ0v) is 12.6. The molecule has 2 aromatic rings. The Kier molecular flexibility index (Phi) is 4.68. The van der Waals surface area contributed by atoms with Crippen LogP contribution in [0.4, 0.5) is 11.4 Å². The van der Waals surface area contributed by atoms with Crippen molar-refractivity contribution in [3.63, 3.8) is 0 Å². The zero-order chi connectivity index (χ0) is 15.2. The predicted octanol–water partition coefficient (Wildman–Crippen LogP) is 3.24. The van der Waals surface area contributed by atoms with Crippen LogP contribution in [0.25, 0.3) is 0 Å². The molecule has 0 aliphatic carbocycles. The van der Waals surface area contributed by atoms with Crippen molar-refractivity contribution in [3.05, 3.63) is 53.6 Å². The van der Waals surface area contributed by atoms with Gasteiger partial charge >= 0.3 is 0 Å². The summed E-state index contributed by atoms with van der Waals surface area (Å²) in [7, 11) is 5.66. The van der Waals surface area contributed by atoms with Gasteiger partial charge in [-0.25, -0.2) is 0 Å². The number of hydrogen-bond donors (Lipinski definition) is 1. The van der Waals surface area contributed by atoms with Gasteiger partial charge < -0.3 is 15.0 Å². The van der Waals surface area contributed by atoms with E-state index in [0.29, 0.717) is 12.1 Å². The Morgan fingerprint density at radius 2 is 1.86 bits per heavy atom. The molecule has 0 saturated carbocycles. The summed E-state index contributed by atoms with van der Waals surface area (Å²) < 4.78 is 5.33. The number of methoxy groups -OCH3 is 1. The van der Waals surface area contributed by atoms with Crippen LogP contribution in [-0.2, 0) is 6.54 Å². The van der Waals surface area contributed by atoms with Crippen molar-refractivity contribution in [1.82, 2.24) is 0 Å². The normalized spacial score (nSPS) is 9.81. The molecule has 0 aliphatic rings.